The van der Waals surface area contributed by atoms with E-state index in [1.807, 2.05) is 11.8 Å². The second-order valence-corrected chi connectivity index (χ2v) is 8.34. The average molecular weight is 466 g/mol. The van der Waals surface area contributed by atoms with Gasteiger partial charge in [0.15, 0.2) is 0 Å². The van der Waals surface area contributed by atoms with Crippen LogP contribution in [0.2, 0.25) is 0 Å². The van der Waals surface area contributed by atoms with Gasteiger partial charge in [-0.1, -0.05) is 44.9 Å². The van der Waals surface area contributed by atoms with E-state index in [1.165, 1.54) is 57.1 Å². The minimum absolute atomic E-state index is 0.0657. The molecule has 7 nitrogen and oxygen atoms in total. The Kier molecular flexibility index (Phi) is 27.3. The lowest BCUT2D eigenvalue weighted by Gasteiger charge is -2.08. The molecule has 0 atom stereocenters. The summed E-state index contributed by atoms with van der Waals surface area (Å²) in [6.07, 6.45) is 14.3. The molecule has 31 heavy (non-hydrogen) atoms. The van der Waals surface area contributed by atoms with Crippen LogP contribution in [0.25, 0.3) is 0 Å². The van der Waals surface area contributed by atoms with Gasteiger partial charge in [0.2, 0.25) is 5.91 Å². The van der Waals surface area contributed by atoms with Crippen LogP contribution in [0, 0.1) is 0 Å². The van der Waals surface area contributed by atoms with Crippen molar-refractivity contribution in [2.75, 3.05) is 85.1 Å². The maximum Gasteiger partial charge on any atom is 0.245 e. The van der Waals surface area contributed by atoms with Gasteiger partial charge in [-0.25, -0.2) is 0 Å². The highest BCUT2D eigenvalue weighted by Gasteiger charge is 1.97. The van der Waals surface area contributed by atoms with Gasteiger partial charge in [0.05, 0.1) is 52.9 Å². The first-order valence-electron chi connectivity index (χ1n) is 11.9. The summed E-state index contributed by atoms with van der Waals surface area (Å²) >= 11 is 1.95. The van der Waals surface area contributed by atoms with Gasteiger partial charge in [-0.05, 0) is 24.9 Å². The predicted molar refractivity (Wildman–Crippen MR) is 128 cm³/mol. The van der Waals surface area contributed by atoms with Crippen LogP contribution in [0.5, 0.6) is 0 Å². The van der Waals surface area contributed by atoms with Crippen LogP contribution in [0.3, 0.4) is 0 Å². The van der Waals surface area contributed by atoms with Gasteiger partial charge < -0.3 is 29.0 Å². The smallest absolute Gasteiger partial charge is 0.245 e. The molecule has 0 aromatic heterocycles. The summed E-state index contributed by atoms with van der Waals surface area (Å²) in [5.41, 5.74) is 0. The average Bonchev–Trinajstić information content (AvgIpc) is 2.78. The van der Waals surface area contributed by atoms with Gasteiger partial charge in [0.25, 0.3) is 0 Å². The molecule has 186 valence electrons. The molecule has 0 saturated heterocycles. The second kappa shape index (κ2) is 27.7. The molecule has 0 aliphatic rings. The van der Waals surface area contributed by atoms with Gasteiger partial charge in [0, 0.05) is 13.7 Å². The highest BCUT2D eigenvalue weighted by molar-refractivity contribution is 7.98. The summed E-state index contributed by atoms with van der Waals surface area (Å²) in [4.78, 5) is 10.9. The molecule has 0 fully saturated rings. The van der Waals surface area contributed by atoms with Gasteiger partial charge >= 0.3 is 0 Å². The normalized spacial score (nSPS) is 11.2. The number of likely N-dealkylation sites (N-methyl/N-ethyl adjacent to an activating group) is 1. The number of hydrogen-bond acceptors (Lipinski definition) is 7. The number of rotatable bonds is 26. The molecule has 0 aromatic carbocycles. The first-order chi connectivity index (χ1) is 15.3. The lowest BCUT2D eigenvalue weighted by Crippen LogP contribution is -2.24. The molecule has 0 saturated carbocycles. The van der Waals surface area contributed by atoms with Crippen LogP contribution < -0.4 is 5.32 Å². The fourth-order valence-corrected chi connectivity index (χ4v) is 3.30. The molecule has 0 radical (unpaired) electrons. The number of hydrogen-bond donors (Lipinski definition) is 1. The van der Waals surface area contributed by atoms with E-state index in [1.54, 1.807) is 7.05 Å². The fraction of sp³-hybridized carbons (Fsp3) is 0.957. The Hall–Kier alpha value is -0.380. The number of amides is 1. The van der Waals surface area contributed by atoms with Crippen molar-refractivity contribution in [3.63, 3.8) is 0 Å². The molecule has 0 aliphatic heterocycles. The zero-order valence-electron chi connectivity index (χ0n) is 20.0. The van der Waals surface area contributed by atoms with Crippen LogP contribution in [0.4, 0.5) is 0 Å². The van der Waals surface area contributed by atoms with Crippen LogP contribution in [-0.2, 0) is 28.5 Å². The van der Waals surface area contributed by atoms with E-state index in [0.29, 0.717) is 52.9 Å². The quantitative estimate of drug-likeness (QED) is 0.195. The summed E-state index contributed by atoms with van der Waals surface area (Å²) in [5, 5.41) is 2.49. The molecule has 1 amide bonds. The van der Waals surface area contributed by atoms with Gasteiger partial charge in [-0.3, -0.25) is 4.79 Å². The van der Waals surface area contributed by atoms with Gasteiger partial charge in [0.1, 0.15) is 6.61 Å². The fourth-order valence-electron chi connectivity index (χ4n) is 2.80. The molecule has 1 N–H and O–H groups in total. The third-order valence-corrected chi connectivity index (χ3v) is 5.33. The number of carbonyl (C=O) groups is 1. The molecule has 8 heteroatoms. The minimum atomic E-state index is -0.137. The molecular formula is C23H47NO6S. The van der Waals surface area contributed by atoms with Crippen molar-refractivity contribution >= 4 is 17.7 Å². The van der Waals surface area contributed by atoms with Crippen LogP contribution in [0.15, 0.2) is 0 Å². The van der Waals surface area contributed by atoms with Crippen molar-refractivity contribution in [3.05, 3.63) is 0 Å². The Balaban J connectivity index is 3.01. The summed E-state index contributed by atoms with van der Waals surface area (Å²) in [5.74, 6) is 1.18. The minimum Gasteiger partial charge on any atom is -0.379 e. The molecule has 0 heterocycles. The van der Waals surface area contributed by atoms with Crippen molar-refractivity contribution in [1.29, 1.82) is 0 Å². The second-order valence-electron chi connectivity index (χ2n) is 7.35. The topological polar surface area (TPSA) is 75.3 Å². The van der Waals surface area contributed by atoms with Crippen molar-refractivity contribution in [2.45, 2.75) is 57.8 Å². The van der Waals surface area contributed by atoms with E-state index in [4.69, 9.17) is 23.7 Å². The van der Waals surface area contributed by atoms with E-state index in [-0.39, 0.29) is 12.5 Å². The first-order valence-corrected chi connectivity index (χ1v) is 13.3. The number of carbonyl (C=O) groups excluding carboxylic acids is 1. The van der Waals surface area contributed by atoms with E-state index < -0.39 is 0 Å². The first kappa shape index (κ1) is 30.6. The largest absolute Gasteiger partial charge is 0.379 e. The lowest BCUT2D eigenvalue weighted by atomic mass is 10.1. The van der Waals surface area contributed by atoms with Crippen molar-refractivity contribution < 1.29 is 28.5 Å². The van der Waals surface area contributed by atoms with Crippen LogP contribution >= 0.6 is 11.8 Å². The van der Waals surface area contributed by atoms with E-state index in [2.05, 4.69) is 11.6 Å². The summed E-state index contributed by atoms with van der Waals surface area (Å²) in [6, 6.07) is 0. The maximum atomic E-state index is 10.9. The Bertz CT molecular complexity index is 363. The molecule has 0 unspecified atom stereocenters. The predicted octanol–water partition coefficient (Wildman–Crippen LogP) is 3.69. The zero-order valence-corrected chi connectivity index (χ0v) is 20.8. The molecule has 0 rings (SSSR count). The highest BCUT2D eigenvalue weighted by Crippen LogP contribution is 2.10. The Labute approximate surface area is 194 Å². The highest BCUT2D eigenvalue weighted by atomic mass is 32.2. The number of unbranched alkanes of at least 4 members (excludes halogenated alkanes) is 8. The van der Waals surface area contributed by atoms with Crippen molar-refractivity contribution in [2.24, 2.45) is 0 Å². The Morgan fingerprint density at radius 1 is 0.581 bits per heavy atom. The third kappa shape index (κ3) is 27.6. The SMILES string of the molecule is CNC(=O)COCCOCCOCCOCCOCCCCCCCCCCCSC. The maximum absolute atomic E-state index is 10.9. The molecular weight excluding hydrogens is 418 g/mol. The number of nitrogens with one attached hydrogen (secondary N) is 1. The van der Waals surface area contributed by atoms with E-state index in [9.17, 15) is 4.79 Å². The number of ether oxygens (including phenoxy) is 5. The van der Waals surface area contributed by atoms with Crippen molar-refractivity contribution in [3.8, 4) is 0 Å². The Morgan fingerprint density at radius 3 is 1.42 bits per heavy atom. The third-order valence-electron chi connectivity index (χ3n) is 4.64. The monoisotopic (exact) mass is 465 g/mol. The summed E-state index contributed by atoms with van der Waals surface area (Å²) in [6.45, 7) is 5.15. The molecule has 0 bridgehead atoms. The Morgan fingerprint density at radius 2 is 0.968 bits per heavy atom. The summed E-state index contributed by atoms with van der Waals surface area (Å²) < 4.78 is 27.0. The van der Waals surface area contributed by atoms with Crippen molar-refractivity contribution in [1.82, 2.24) is 5.32 Å². The van der Waals surface area contributed by atoms with E-state index in [0.717, 1.165) is 13.0 Å². The number of thioether (sulfide) groups is 1. The standard InChI is InChI=1S/C23H47NO6S/c1-24-23(25)22-30-20-19-29-18-17-28-16-15-27-14-13-26-12-10-8-6-4-3-5-7-9-11-21-31-2/h3-22H2,1-2H3,(H,24,25). The molecule has 0 aromatic rings. The van der Waals surface area contributed by atoms with Gasteiger partial charge in [-0.15, -0.1) is 0 Å². The van der Waals surface area contributed by atoms with E-state index >= 15 is 0 Å². The van der Waals surface area contributed by atoms with Crippen LogP contribution in [-0.4, -0.2) is 91.0 Å². The lowest BCUT2D eigenvalue weighted by molar-refractivity contribution is -0.125. The molecule has 0 spiro atoms. The van der Waals surface area contributed by atoms with Gasteiger partial charge in [-0.2, -0.15) is 11.8 Å². The molecule has 0 aliphatic carbocycles. The zero-order chi connectivity index (χ0) is 22.7. The summed E-state index contributed by atoms with van der Waals surface area (Å²) in [7, 11) is 1.58. The van der Waals surface area contributed by atoms with Crippen LogP contribution in [0.1, 0.15) is 57.8 Å².